The minimum Gasteiger partial charge on any atom is -0.493 e. The normalized spacial score (nSPS) is 9.44. The van der Waals surface area contributed by atoms with E-state index in [1.165, 1.54) is 7.11 Å². The Morgan fingerprint density at radius 3 is 2.56 bits per heavy atom. The van der Waals surface area contributed by atoms with Crippen LogP contribution in [0.2, 0.25) is 0 Å². The van der Waals surface area contributed by atoms with Gasteiger partial charge in [0, 0.05) is 6.07 Å². The summed E-state index contributed by atoms with van der Waals surface area (Å²) in [6, 6.07) is 4.99. The van der Waals surface area contributed by atoms with Crippen molar-refractivity contribution in [1.82, 2.24) is 5.43 Å². The van der Waals surface area contributed by atoms with Crippen molar-refractivity contribution < 1.29 is 19.0 Å². The van der Waals surface area contributed by atoms with Crippen molar-refractivity contribution in [3.63, 3.8) is 0 Å². The summed E-state index contributed by atoms with van der Waals surface area (Å²) in [7, 11) is 3.06. The Bertz CT molecular complexity index is 368. The zero-order valence-corrected chi connectivity index (χ0v) is 9.15. The zero-order valence-electron chi connectivity index (χ0n) is 9.15. The van der Waals surface area contributed by atoms with Crippen molar-refractivity contribution in [2.45, 2.75) is 0 Å². The van der Waals surface area contributed by atoms with Crippen LogP contribution >= 0.6 is 0 Å². The summed E-state index contributed by atoms with van der Waals surface area (Å²) in [5.41, 5.74) is 1.97. The molecule has 0 heterocycles. The Morgan fingerprint density at radius 1 is 1.31 bits per heavy atom. The predicted octanol–water partition coefficient (Wildman–Crippen LogP) is 0.0725. The summed E-state index contributed by atoms with van der Waals surface area (Å²) < 4.78 is 15.3. The SMILES string of the molecule is COc1ccc(OCC(=O)NN)cc1OC. The lowest BCUT2D eigenvalue weighted by Gasteiger charge is -2.10. The molecule has 0 atom stereocenters. The molecule has 0 spiro atoms. The fraction of sp³-hybridized carbons (Fsp3) is 0.300. The van der Waals surface area contributed by atoms with Crippen molar-refractivity contribution in [2.24, 2.45) is 5.84 Å². The van der Waals surface area contributed by atoms with Crippen LogP contribution in [0.15, 0.2) is 18.2 Å². The van der Waals surface area contributed by atoms with Gasteiger partial charge in [0.15, 0.2) is 18.1 Å². The molecule has 16 heavy (non-hydrogen) atoms. The van der Waals surface area contributed by atoms with E-state index in [9.17, 15) is 4.79 Å². The van der Waals surface area contributed by atoms with Gasteiger partial charge < -0.3 is 14.2 Å². The third kappa shape index (κ3) is 3.03. The number of hydrogen-bond acceptors (Lipinski definition) is 5. The fourth-order valence-electron chi connectivity index (χ4n) is 1.10. The first-order valence-corrected chi connectivity index (χ1v) is 4.55. The zero-order chi connectivity index (χ0) is 12.0. The van der Waals surface area contributed by atoms with Crippen LogP contribution in [0, 0.1) is 0 Å². The first-order valence-electron chi connectivity index (χ1n) is 4.55. The number of methoxy groups -OCH3 is 2. The third-order valence-corrected chi connectivity index (χ3v) is 1.89. The van der Waals surface area contributed by atoms with E-state index in [1.54, 1.807) is 25.3 Å². The summed E-state index contributed by atoms with van der Waals surface area (Å²) in [6.45, 7) is -0.147. The van der Waals surface area contributed by atoms with Crippen LogP contribution in [0.5, 0.6) is 17.2 Å². The van der Waals surface area contributed by atoms with Gasteiger partial charge in [0.05, 0.1) is 14.2 Å². The molecule has 3 N–H and O–H groups in total. The van der Waals surface area contributed by atoms with Crippen molar-refractivity contribution in [1.29, 1.82) is 0 Å². The quantitative estimate of drug-likeness (QED) is 0.422. The molecule has 1 aromatic rings. The van der Waals surface area contributed by atoms with E-state index < -0.39 is 5.91 Å². The van der Waals surface area contributed by atoms with Gasteiger partial charge in [-0.25, -0.2) is 5.84 Å². The first kappa shape index (κ1) is 12.1. The van der Waals surface area contributed by atoms with Gasteiger partial charge in [0.2, 0.25) is 0 Å². The summed E-state index contributed by atoms with van der Waals surface area (Å²) in [5.74, 6) is 6.14. The van der Waals surface area contributed by atoms with Gasteiger partial charge in [0.25, 0.3) is 5.91 Å². The van der Waals surface area contributed by atoms with Gasteiger partial charge in [-0.1, -0.05) is 0 Å². The summed E-state index contributed by atoms with van der Waals surface area (Å²) >= 11 is 0. The molecule has 1 rings (SSSR count). The van der Waals surface area contributed by atoms with Crippen molar-refractivity contribution in [3.05, 3.63) is 18.2 Å². The van der Waals surface area contributed by atoms with Crippen LogP contribution in [-0.2, 0) is 4.79 Å². The molecule has 0 saturated heterocycles. The van der Waals surface area contributed by atoms with E-state index in [0.717, 1.165) is 0 Å². The molecule has 1 aromatic carbocycles. The Balaban J connectivity index is 2.71. The molecular weight excluding hydrogens is 212 g/mol. The minimum absolute atomic E-state index is 0.147. The lowest BCUT2D eigenvalue weighted by atomic mass is 10.3. The molecule has 6 nitrogen and oxygen atoms in total. The van der Waals surface area contributed by atoms with Crippen molar-refractivity contribution in [3.8, 4) is 17.2 Å². The lowest BCUT2D eigenvalue weighted by molar-refractivity contribution is -0.123. The molecule has 0 saturated carbocycles. The number of rotatable bonds is 5. The van der Waals surface area contributed by atoms with E-state index in [0.29, 0.717) is 17.2 Å². The Morgan fingerprint density at radius 2 is 2.00 bits per heavy atom. The molecule has 0 bridgehead atoms. The molecule has 88 valence electrons. The first-order chi connectivity index (χ1) is 7.71. The molecule has 1 amide bonds. The number of hydrazine groups is 1. The number of benzene rings is 1. The second kappa shape index (κ2) is 5.82. The van der Waals surface area contributed by atoms with E-state index in [1.807, 2.05) is 5.43 Å². The second-order valence-electron chi connectivity index (χ2n) is 2.87. The molecule has 0 aliphatic heterocycles. The van der Waals surface area contributed by atoms with Crippen LogP contribution in [0.4, 0.5) is 0 Å². The maximum atomic E-state index is 10.8. The van der Waals surface area contributed by atoms with Crippen LogP contribution in [0.25, 0.3) is 0 Å². The summed E-state index contributed by atoms with van der Waals surface area (Å²) in [5, 5.41) is 0. The monoisotopic (exact) mass is 226 g/mol. The maximum absolute atomic E-state index is 10.8. The summed E-state index contributed by atoms with van der Waals surface area (Å²) in [6.07, 6.45) is 0. The van der Waals surface area contributed by atoms with Crippen LogP contribution < -0.4 is 25.5 Å². The molecule has 0 unspecified atom stereocenters. The van der Waals surface area contributed by atoms with E-state index in [4.69, 9.17) is 20.1 Å². The number of hydrogen-bond donors (Lipinski definition) is 2. The molecular formula is C10H14N2O4. The van der Waals surface area contributed by atoms with Crippen LogP contribution in [0.3, 0.4) is 0 Å². The fourth-order valence-corrected chi connectivity index (χ4v) is 1.10. The highest BCUT2D eigenvalue weighted by Crippen LogP contribution is 2.30. The van der Waals surface area contributed by atoms with E-state index >= 15 is 0 Å². The van der Waals surface area contributed by atoms with Gasteiger partial charge in [0.1, 0.15) is 5.75 Å². The van der Waals surface area contributed by atoms with Gasteiger partial charge in [-0.05, 0) is 12.1 Å². The minimum atomic E-state index is -0.408. The van der Waals surface area contributed by atoms with E-state index in [-0.39, 0.29) is 6.61 Å². The maximum Gasteiger partial charge on any atom is 0.271 e. The Kier molecular flexibility index (Phi) is 4.41. The average molecular weight is 226 g/mol. The predicted molar refractivity (Wildman–Crippen MR) is 57.4 cm³/mol. The molecule has 0 aliphatic rings. The Hall–Kier alpha value is -1.95. The average Bonchev–Trinajstić information content (AvgIpc) is 2.35. The smallest absolute Gasteiger partial charge is 0.271 e. The van der Waals surface area contributed by atoms with Gasteiger partial charge in [-0.15, -0.1) is 0 Å². The van der Waals surface area contributed by atoms with E-state index in [2.05, 4.69) is 0 Å². The van der Waals surface area contributed by atoms with Crippen LogP contribution in [-0.4, -0.2) is 26.7 Å². The molecule has 6 heteroatoms. The van der Waals surface area contributed by atoms with Gasteiger partial charge >= 0.3 is 0 Å². The number of carbonyl (C=O) groups excluding carboxylic acids is 1. The third-order valence-electron chi connectivity index (χ3n) is 1.89. The Labute approximate surface area is 93.3 Å². The van der Waals surface area contributed by atoms with Crippen molar-refractivity contribution in [2.75, 3.05) is 20.8 Å². The molecule has 0 aliphatic carbocycles. The highest BCUT2D eigenvalue weighted by atomic mass is 16.5. The lowest BCUT2D eigenvalue weighted by Crippen LogP contribution is -2.34. The van der Waals surface area contributed by atoms with Gasteiger partial charge in [-0.3, -0.25) is 10.2 Å². The van der Waals surface area contributed by atoms with Gasteiger partial charge in [-0.2, -0.15) is 0 Å². The summed E-state index contributed by atoms with van der Waals surface area (Å²) in [4.78, 5) is 10.8. The topological polar surface area (TPSA) is 82.8 Å². The standard InChI is InChI=1S/C10H14N2O4/c1-14-8-4-3-7(5-9(8)15-2)16-6-10(13)12-11/h3-5H,6,11H2,1-2H3,(H,12,13). The number of carbonyl (C=O) groups is 1. The molecule has 0 radical (unpaired) electrons. The van der Waals surface area contributed by atoms with Crippen LogP contribution in [0.1, 0.15) is 0 Å². The number of amides is 1. The number of nitrogens with one attached hydrogen (secondary N) is 1. The molecule has 0 aromatic heterocycles. The second-order valence-corrected chi connectivity index (χ2v) is 2.87. The number of ether oxygens (including phenoxy) is 3. The number of nitrogens with two attached hydrogens (primary N) is 1. The highest BCUT2D eigenvalue weighted by molar-refractivity contribution is 5.76. The molecule has 0 fully saturated rings. The highest BCUT2D eigenvalue weighted by Gasteiger charge is 2.06. The largest absolute Gasteiger partial charge is 0.493 e. The van der Waals surface area contributed by atoms with Crippen molar-refractivity contribution >= 4 is 5.91 Å².